The van der Waals surface area contributed by atoms with E-state index < -0.39 is 4.92 Å². The minimum atomic E-state index is -0.495. The van der Waals surface area contributed by atoms with Gasteiger partial charge in [0.15, 0.2) is 0 Å². The number of amides is 1. The van der Waals surface area contributed by atoms with Crippen molar-refractivity contribution in [2.24, 2.45) is 0 Å². The summed E-state index contributed by atoms with van der Waals surface area (Å²) in [7, 11) is 0. The average Bonchev–Trinajstić information content (AvgIpc) is 2.87. The minimum absolute atomic E-state index is 0.0776. The molecule has 7 nitrogen and oxygen atoms in total. The largest absolute Gasteiger partial charge is 0.395 e. The van der Waals surface area contributed by atoms with Crippen LogP contribution in [0, 0.1) is 10.1 Å². The van der Waals surface area contributed by atoms with Gasteiger partial charge in [-0.1, -0.05) is 20.3 Å². The molecular weight excluding hydrogens is 274 g/mol. The van der Waals surface area contributed by atoms with E-state index in [-0.39, 0.29) is 24.7 Å². The second-order valence-electron chi connectivity index (χ2n) is 4.90. The first-order valence-corrected chi connectivity index (χ1v) is 7.29. The lowest BCUT2D eigenvalue weighted by molar-refractivity contribution is -0.384. The summed E-state index contributed by atoms with van der Waals surface area (Å²) < 4.78 is 1.62. The zero-order chi connectivity index (χ0) is 15.8. The third-order valence-electron chi connectivity index (χ3n) is 3.22. The molecule has 0 aliphatic carbocycles. The molecule has 1 rings (SSSR count). The lowest BCUT2D eigenvalue weighted by atomic mass is 10.2. The van der Waals surface area contributed by atoms with Crippen molar-refractivity contribution in [1.82, 2.24) is 9.47 Å². The molecule has 0 radical (unpaired) electrons. The highest BCUT2D eigenvalue weighted by atomic mass is 16.6. The van der Waals surface area contributed by atoms with Crippen LogP contribution in [0.2, 0.25) is 0 Å². The molecule has 1 aromatic rings. The van der Waals surface area contributed by atoms with Gasteiger partial charge in [-0.25, -0.2) is 0 Å². The molecule has 0 atom stereocenters. The Morgan fingerprint density at radius 2 is 2.10 bits per heavy atom. The van der Waals surface area contributed by atoms with Gasteiger partial charge in [0, 0.05) is 25.7 Å². The Bertz CT molecular complexity index is 485. The fourth-order valence-corrected chi connectivity index (χ4v) is 2.15. The molecule has 0 spiro atoms. The second kappa shape index (κ2) is 8.41. The predicted molar refractivity (Wildman–Crippen MR) is 79.3 cm³/mol. The summed E-state index contributed by atoms with van der Waals surface area (Å²) in [5.41, 5.74) is 0.236. The standard InChI is InChI=1S/C14H23N3O4/c1-3-5-7-15(8-9-18)14(19)13-10-12(17(20)21)11-16(13)6-4-2/h10-11,18H,3-9H2,1-2H3. The van der Waals surface area contributed by atoms with Crippen molar-refractivity contribution in [3.8, 4) is 0 Å². The van der Waals surface area contributed by atoms with Crippen LogP contribution in [0.25, 0.3) is 0 Å². The molecule has 7 heteroatoms. The number of aromatic nitrogens is 1. The summed E-state index contributed by atoms with van der Waals surface area (Å²) in [5.74, 6) is -0.265. The fraction of sp³-hybridized carbons (Fsp3) is 0.643. The van der Waals surface area contributed by atoms with E-state index in [0.29, 0.717) is 18.8 Å². The van der Waals surface area contributed by atoms with Gasteiger partial charge in [-0.05, 0) is 12.8 Å². The molecule has 0 saturated carbocycles. The summed E-state index contributed by atoms with van der Waals surface area (Å²) in [6, 6.07) is 1.31. The molecule has 21 heavy (non-hydrogen) atoms. The van der Waals surface area contributed by atoms with Gasteiger partial charge in [0.2, 0.25) is 0 Å². The van der Waals surface area contributed by atoms with Gasteiger partial charge in [-0.2, -0.15) is 0 Å². The van der Waals surface area contributed by atoms with Crippen molar-refractivity contribution in [2.45, 2.75) is 39.7 Å². The summed E-state index contributed by atoms with van der Waals surface area (Å²) in [5, 5.41) is 20.0. The van der Waals surface area contributed by atoms with Crippen LogP contribution in [-0.4, -0.2) is 45.1 Å². The number of aryl methyl sites for hydroxylation is 1. The SMILES string of the molecule is CCCCN(CCO)C(=O)c1cc([N+](=O)[O-])cn1CCC. The fourth-order valence-electron chi connectivity index (χ4n) is 2.15. The van der Waals surface area contributed by atoms with E-state index in [1.165, 1.54) is 12.3 Å². The number of rotatable bonds is 9. The molecule has 0 aromatic carbocycles. The third kappa shape index (κ3) is 4.56. The molecular formula is C14H23N3O4. The maximum Gasteiger partial charge on any atom is 0.287 e. The van der Waals surface area contributed by atoms with Crippen LogP contribution >= 0.6 is 0 Å². The molecule has 0 aliphatic rings. The van der Waals surface area contributed by atoms with E-state index >= 15 is 0 Å². The molecule has 0 aliphatic heterocycles. The highest BCUT2D eigenvalue weighted by molar-refractivity contribution is 5.93. The zero-order valence-electron chi connectivity index (χ0n) is 12.6. The van der Waals surface area contributed by atoms with Crippen LogP contribution in [-0.2, 0) is 6.54 Å². The summed E-state index contributed by atoms with van der Waals surface area (Å²) in [4.78, 5) is 24.5. The molecule has 0 bridgehead atoms. The number of carbonyl (C=O) groups is 1. The van der Waals surface area contributed by atoms with Gasteiger partial charge < -0.3 is 14.6 Å². The quantitative estimate of drug-likeness (QED) is 0.558. The predicted octanol–water partition coefficient (Wildman–Crippen LogP) is 2.04. The van der Waals surface area contributed by atoms with E-state index in [9.17, 15) is 14.9 Å². The first-order valence-electron chi connectivity index (χ1n) is 7.29. The highest BCUT2D eigenvalue weighted by Gasteiger charge is 2.23. The molecule has 1 N–H and O–H groups in total. The van der Waals surface area contributed by atoms with Crippen molar-refractivity contribution in [3.63, 3.8) is 0 Å². The Kier molecular flexibility index (Phi) is 6.87. The van der Waals surface area contributed by atoms with E-state index in [1.807, 2.05) is 13.8 Å². The van der Waals surface area contributed by atoms with E-state index in [1.54, 1.807) is 9.47 Å². The molecule has 1 aromatic heterocycles. The maximum atomic E-state index is 12.5. The summed E-state index contributed by atoms with van der Waals surface area (Å²) in [6.07, 6.45) is 3.95. The van der Waals surface area contributed by atoms with Gasteiger partial charge in [-0.3, -0.25) is 14.9 Å². The Labute approximate surface area is 124 Å². The molecule has 0 unspecified atom stereocenters. The number of carbonyl (C=O) groups excluding carboxylic acids is 1. The van der Waals surface area contributed by atoms with Gasteiger partial charge in [0.1, 0.15) is 5.69 Å². The van der Waals surface area contributed by atoms with Gasteiger partial charge >= 0.3 is 0 Å². The summed E-state index contributed by atoms with van der Waals surface area (Å²) in [6.45, 7) is 5.18. The minimum Gasteiger partial charge on any atom is -0.395 e. The van der Waals surface area contributed by atoms with Crippen molar-refractivity contribution < 1.29 is 14.8 Å². The third-order valence-corrected chi connectivity index (χ3v) is 3.22. The normalized spacial score (nSPS) is 10.6. The topological polar surface area (TPSA) is 88.6 Å². The number of hydrogen-bond acceptors (Lipinski definition) is 4. The van der Waals surface area contributed by atoms with Crippen molar-refractivity contribution in [2.75, 3.05) is 19.7 Å². The molecule has 118 valence electrons. The Hall–Kier alpha value is -1.89. The monoisotopic (exact) mass is 297 g/mol. The lowest BCUT2D eigenvalue weighted by Gasteiger charge is -2.22. The molecule has 0 fully saturated rings. The second-order valence-corrected chi connectivity index (χ2v) is 4.90. The Morgan fingerprint density at radius 3 is 2.62 bits per heavy atom. The van der Waals surface area contributed by atoms with E-state index in [4.69, 9.17) is 5.11 Å². The van der Waals surface area contributed by atoms with Crippen LogP contribution in [0.3, 0.4) is 0 Å². The zero-order valence-corrected chi connectivity index (χ0v) is 12.6. The lowest BCUT2D eigenvalue weighted by Crippen LogP contribution is -2.35. The van der Waals surface area contributed by atoms with E-state index in [2.05, 4.69) is 0 Å². The first-order chi connectivity index (χ1) is 10.0. The molecule has 1 heterocycles. The van der Waals surface area contributed by atoms with Gasteiger partial charge in [0.25, 0.3) is 11.6 Å². The van der Waals surface area contributed by atoms with Crippen LogP contribution in [0.4, 0.5) is 5.69 Å². The number of aliphatic hydroxyl groups excluding tert-OH is 1. The average molecular weight is 297 g/mol. The Balaban J connectivity index is 3.03. The van der Waals surface area contributed by atoms with E-state index in [0.717, 1.165) is 19.3 Å². The first kappa shape index (κ1) is 17.2. The van der Waals surface area contributed by atoms with Crippen LogP contribution in [0.5, 0.6) is 0 Å². The van der Waals surface area contributed by atoms with Crippen molar-refractivity contribution in [1.29, 1.82) is 0 Å². The smallest absolute Gasteiger partial charge is 0.287 e. The summed E-state index contributed by atoms with van der Waals surface area (Å²) >= 11 is 0. The number of nitro groups is 1. The van der Waals surface area contributed by atoms with Crippen LogP contribution in [0.1, 0.15) is 43.6 Å². The van der Waals surface area contributed by atoms with Crippen molar-refractivity contribution in [3.05, 3.63) is 28.1 Å². The number of hydrogen-bond donors (Lipinski definition) is 1. The number of aliphatic hydroxyl groups is 1. The highest BCUT2D eigenvalue weighted by Crippen LogP contribution is 2.19. The Morgan fingerprint density at radius 1 is 1.38 bits per heavy atom. The number of nitrogens with zero attached hydrogens (tertiary/aromatic N) is 3. The van der Waals surface area contributed by atoms with Gasteiger partial charge in [-0.15, -0.1) is 0 Å². The number of unbranched alkanes of at least 4 members (excludes halogenated alkanes) is 1. The van der Waals surface area contributed by atoms with Crippen molar-refractivity contribution >= 4 is 11.6 Å². The molecule has 1 amide bonds. The van der Waals surface area contributed by atoms with Gasteiger partial charge in [0.05, 0.1) is 17.7 Å². The van der Waals surface area contributed by atoms with Crippen LogP contribution < -0.4 is 0 Å². The van der Waals surface area contributed by atoms with Crippen LogP contribution in [0.15, 0.2) is 12.3 Å². The molecule has 0 saturated heterocycles. The maximum absolute atomic E-state index is 12.5.